The SMILES string of the molecule is Cc1cccc(CN2CCC[C@H](C(=O)Nc3cccc(-c4cc5ccccc5[nH]4)c3)C2)n1. The predicted molar refractivity (Wildman–Crippen MR) is 129 cm³/mol. The molecular formula is C27H28N4O. The second-order valence-corrected chi connectivity index (χ2v) is 8.68. The summed E-state index contributed by atoms with van der Waals surface area (Å²) in [7, 11) is 0. The van der Waals surface area contributed by atoms with Crippen LogP contribution in [0.25, 0.3) is 22.2 Å². The van der Waals surface area contributed by atoms with Crippen LogP contribution in [0.2, 0.25) is 0 Å². The molecule has 0 saturated carbocycles. The van der Waals surface area contributed by atoms with Crippen molar-refractivity contribution in [3.8, 4) is 11.3 Å². The number of hydrogen-bond donors (Lipinski definition) is 2. The van der Waals surface area contributed by atoms with Crippen molar-refractivity contribution in [1.29, 1.82) is 0 Å². The molecule has 2 aromatic heterocycles. The van der Waals surface area contributed by atoms with Crippen LogP contribution in [0.3, 0.4) is 0 Å². The Bertz CT molecular complexity index is 1210. The minimum absolute atomic E-state index is 0.00899. The standard InChI is InChI=1S/C27H28N4O/c1-19-7-4-12-24(28-19)18-31-14-6-10-22(17-31)27(32)29-23-11-5-9-20(15-23)26-16-21-8-2-3-13-25(21)30-26/h2-5,7-9,11-13,15-16,22,30H,6,10,14,17-18H2,1H3,(H,29,32)/t22-/m0/s1. The van der Waals surface area contributed by atoms with Crippen molar-refractivity contribution in [2.45, 2.75) is 26.3 Å². The number of carbonyl (C=O) groups excluding carboxylic acids is 1. The Morgan fingerprint density at radius 2 is 1.97 bits per heavy atom. The van der Waals surface area contributed by atoms with Crippen LogP contribution in [0.1, 0.15) is 24.2 Å². The van der Waals surface area contributed by atoms with Gasteiger partial charge in [0, 0.05) is 46.6 Å². The largest absolute Gasteiger partial charge is 0.355 e. The number of fused-ring (bicyclic) bond motifs is 1. The molecule has 2 N–H and O–H groups in total. The molecule has 5 heteroatoms. The zero-order valence-electron chi connectivity index (χ0n) is 18.3. The average Bonchev–Trinajstić information content (AvgIpc) is 3.24. The number of aromatic nitrogens is 2. The maximum atomic E-state index is 13.0. The van der Waals surface area contributed by atoms with Gasteiger partial charge in [-0.25, -0.2) is 0 Å². The number of rotatable bonds is 5. The number of aromatic amines is 1. The minimum Gasteiger partial charge on any atom is -0.355 e. The molecule has 0 bridgehead atoms. The number of likely N-dealkylation sites (tertiary alicyclic amines) is 1. The number of H-pyrrole nitrogens is 1. The third kappa shape index (κ3) is 4.58. The summed E-state index contributed by atoms with van der Waals surface area (Å²) in [6.45, 7) is 4.58. The van der Waals surface area contributed by atoms with E-state index < -0.39 is 0 Å². The molecule has 1 fully saturated rings. The van der Waals surface area contributed by atoms with Gasteiger partial charge in [0.1, 0.15) is 0 Å². The fraction of sp³-hybridized carbons (Fsp3) is 0.259. The second kappa shape index (κ2) is 8.97. The molecule has 1 aliphatic heterocycles. The number of nitrogens with one attached hydrogen (secondary N) is 2. The first kappa shape index (κ1) is 20.5. The predicted octanol–water partition coefficient (Wildman–Crippen LogP) is 5.39. The molecule has 162 valence electrons. The average molecular weight is 425 g/mol. The third-order valence-corrected chi connectivity index (χ3v) is 6.18. The zero-order chi connectivity index (χ0) is 21.9. The number of benzene rings is 2. The van der Waals surface area contributed by atoms with Crippen LogP contribution in [-0.4, -0.2) is 33.9 Å². The Hall–Kier alpha value is -3.44. The van der Waals surface area contributed by atoms with E-state index in [0.29, 0.717) is 0 Å². The zero-order valence-corrected chi connectivity index (χ0v) is 18.3. The van der Waals surface area contributed by atoms with Crippen LogP contribution in [0, 0.1) is 12.8 Å². The smallest absolute Gasteiger partial charge is 0.228 e. The fourth-order valence-electron chi connectivity index (χ4n) is 4.57. The molecule has 5 nitrogen and oxygen atoms in total. The van der Waals surface area contributed by atoms with Crippen molar-refractivity contribution in [2.24, 2.45) is 5.92 Å². The molecule has 3 heterocycles. The van der Waals surface area contributed by atoms with Gasteiger partial charge in [0.05, 0.1) is 11.6 Å². The number of aryl methyl sites for hydroxylation is 1. The van der Waals surface area contributed by atoms with Crippen molar-refractivity contribution in [1.82, 2.24) is 14.9 Å². The summed E-state index contributed by atoms with van der Waals surface area (Å²) in [6.07, 6.45) is 1.95. The molecule has 1 atom stereocenters. The number of para-hydroxylation sites is 1. The topological polar surface area (TPSA) is 61.0 Å². The Kier molecular flexibility index (Phi) is 5.73. The molecule has 0 spiro atoms. The highest BCUT2D eigenvalue weighted by atomic mass is 16.1. The molecule has 1 amide bonds. The lowest BCUT2D eigenvalue weighted by Crippen LogP contribution is -2.40. The molecule has 32 heavy (non-hydrogen) atoms. The number of amides is 1. The van der Waals surface area contributed by atoms with Crippen LogP contribution in [0.5, 0.6) is 0 Å². The molecule has 0 aliphatic carbocycles. The molecule has 2 aromatic carbocycles. The molecule has 5 rings (SSSR count). The van der Waals surface area contributed by atoms with Crippen LogP contribution >= 0.6 is 0 Å². The highest BCUT2D eigenvalue weighted by Gasteiger charge is 2.26. The van der Waals surface area contributed by atoms with E-state index in [0.717, 1.165) is 66.3 Å². The van der Waals surface area contributed by atoms with Gasteiger partial charge in [0.25, 0.3) is 0 Å². The summed E-state index contributed by atoms with van der Waals surface area (Å²) in [5.74, 6) is 0.0889. The minimum atomic E-state index is -0.00899. The molecule has 1 saturated heterocycles. The van der Waals surface area contributed by atoms with Gasteiger partial charge in [-0.1, -0.05) is 36.4 Å². The summed E-state index contributed by atoms with van der Waals surface area (Å²) in [4.78, 5) is 23.5. The Morgan fingerprint density at radius 3 is 2.84 bits per heavy atom. The number of carbonyl (C=O) groups is 1. The summed E-state index contributed by atoms with van der Waals surface area (Å²) in [5, 5.41) is 4.34. The van der Waals surface area contributed by atoms with Crippen LogP contribution in [0.15, 0.2) is 72.8 Å². The van der Waals surface area contributed by atoms with Crippen molar-refractivity contribution in [3.05, 3.63) is 84.2 Å². The fourth-order valence-corrected chi connectivity index (χ4v) is 4.57. The van der Waals surface area contributed by atoms with Crippen molar-refractivity contribution >= 4 is 22.5 Å². The third-order valence-electron chi connectivity index (χ3n) is 6.18. The summed E-state index contributed by atoms with van der Waals surface area (Å²) >= 11 is 0. The summed E-state index contributed by atoms with van der Waals surface area (Å²) in [6, 6.07) is 24.6. The number of anilines is 1. The van der Waals surface area contributed by atoms with Crippen LogP contribution < -0.4 is 5.32 Å². The Morgan fingerprint density at radius 1 is 1.09 bits per heavy atom. The molecule has 0 radical (unpaired) electrons. The van der Waals surface area contributed by atoms with Gasteiger partial charge in [-0.05, 0) is 62.7 Å². The first-order valence-corrected chi connectivity index (χ1v) is 11.3. The van der Waals surface area contributed by atoms with Crippen molar-refractivity contribution in [2.75, 3.05) is 18.4 Å². The lowest BCUT2D eigenvalue weighted by Gasteiger charge is -2.31. The Labute approximate surface area is 188 Å². The van der Waals surface area contributed by atoms with E-state index in [1.165, 1.54) is 5.39 Å². The van der Waals surface area contributed by atoms with Gasteiger partial charge in [0.2, 0.25) is 5.91 Å². The normalized spacial score (nSPS) is 16.8. The van der Waals surface area contributed by atoms with Gasteiger partial charge in [-0.3, -0.25) is 14.7 Å². The second-order valence-electron chi connectivity index (χ2n) is 8.68. The number of piperidine rings is 1. The number of hydrogen-bond acceptors (Lipinski definition) is 3. The number of nitrogens with zero attached hydrogens (tertiary/aromatic N) is 2. The molecule has 0 unspecified atom stereocenters. The highest BCUT2D eigenvalue weighted by molar-refractivity contribution is 5.94. The first-order valence-electron chi connectivity index (χ1n) is 11.3. The van der Waals surface area contributed by atoms with E-state index in [1.807, 2.05) is 49.4 Å². The van der Waals surface area contributed by atoms with Crippen LogP contribution in [-0.2, 0) is 11.3 Å². The quantitative estimate of drug-likeness (QED) is 0.452. The lowest BCUT2D eigenvalue weighted by molar-refractivity contribution is -0.121. The van der Waals surface area contributed by atoms with Gasteiger partial charge >= 0.3 is 0 Å². The van der Waals surface area contributed by atoms with E-state index in [9.17, 15) is 4.79 Å². The van der Waals surface area contributed by atoms with Crippen molar-refractivity contribution < 1.29 is 4.79 Å². The first-order chi connectivity index (χ1) is 15.6. The maximum absolute atomic E-state index is 13.0. The van der Waals surface area contributed by atoms with Crippen LogP contribution in [0.4, 0.5) is 5.69 Å². The summed E-state index contributed by atoms with van der Waals surface area (Å²) < 4.78 is 0. The monoisotopic (exact) mass is 424 g/mol. The summed E-state index contributed by atoms with van der Waals surface area (Å²) in [5.41, 5.74) is 6.17. The van der Waals surface area contributed by atoms with E-state index in [4.69, 9.17) is 0 Å². The van der Waals surface area contributed by atoms with E-state index in [1.54, 1.807) is 0 Å². The van der Waals surface area contributed by atoms with Gasteiger partial charge in [0.15, 0.2) is 0 Å². The van der Waals surface area contributed by atoms with E-state index in [-0.39, 0.29) is 11.8 Å². The van der Waals surface area contributed by atoms with Gasteiger partial charge < -0.3 is 10.3 Å². The number of pyridine rings is 1. The van der Waals surface area contributed by atoms with E-state index in [2.05, 4.69) is 50.5 Å². The van der Waals surface area contributed by atoms with Crippen molar-refractivity contribution in [3.63, 3.8) is 0 Å². The highest BCUT2D eigenvalue weighted by Crippen LogP contribution is 2.27. The maximum Gasteiger partial charge on any atom is 0.228 e. The lowest BCUT2D eigenvalue weighted by atomic mass is 9.96. The van der Waals surface area contributed by atoms with Gasteiger partial charge in [-0.2, -0.15) is 0 Å². The van der Waals surface area contributed by atoms with Gasteiger partial charge in [-0.15, -0.1) is 0 Å². The Balaban J connectivity index is 1.26. The molecule has 4 aromatic rings. The molecule has 1 aliphatic rings. The van der Waals surface area contributed by atoms with E-state index >= 15 is 0 Å². The molecular weight excluding hydrogens is 396 g/mol.